The fraction of sp³-hybridized carbons (Fsp3) is 0.467. The quantitative estimate of drug-likeness (QED) is 0.818. The molecule has 0 spiro atoms. The molecule has 0 fully saturated rings. The number of rotatable bonds is 5. The maximum atomic E-state index is 12.2. The molecule has 1 rings (SSSR count). The van der Waals surface area contributed by atoms with E-state index < -0.39 is 0 Å². The predicted octanol–water partition coefficient (Wildman–Crippen LogP) is 2.71. The highest BCUT2D eigenvalue weighted by molar-refractivity contribution is 5.94. The number of hydrogen-bond acceptors (Lipinski definition) is 3. The predicted molar refractivity (Wildman–Crippen MR) is 73.9 cm³/mol. The molecule has 1 amide bonds. The largest absolute Gasteiger partial charge is 0.491 e. The van der Waals surface area contributed by atoms with Gasteiger partial charge in [0.05, 0.1) is 18.1 Å². The summed E-state index contributed by atoms with van der Waals surface area (Å²) in [4.78, 5) is 13.8. The number of benzene rings is 1. The van der Waals surface area contributed by atoms with E-state index in [1.54, 1.807) is 37.1 Å². The first-order valence-electron chi connectivity index (χ1n) is 6.35. The van der Waals surface area contributed by atoms with E-state index in [0.717, 1.165) is 0 Å². The maximum Gasteiger partial charge on any atom is 0.253 e. The second kappa shape index (κ2) is 6.79. The van der Waals surface area contributed by atoms with Gasteiger partial charge in [0, 0.05) is 19.2 Å². The Morgan fingerprint density at radius 3 is 2.68 bits per heavy atom. The number of amides is 1. The SMILES string of the molecule is CC(C#N)CN(C)C(=O)c1cccc(OC(C)C)c1. The molecule has 0 saturated heterocycles. The lowest BCUT2D eigenvalue weighted by Gasteiger charge is -2.19. The molecule has 0 saturated carbocycles. The van der Waals surface area contributed by atoms with E-state index in [1.165, 1.54) is 0 Å². The molecule has 0 bridgehead atoms. The van der Waals surface area contributed by atoms with Crippen LogP contribution in [0.1, 0.15) is 31.1 Å². The van der Waals surface area contributed by atoms with E-state index in [4.69, 9.17) is 10.00 Å². The molecule has 0 radical (unpaired) electrons. The van der Waals surface area contributed by atoms with Crippen molar-refractivity contribution in [2.75, 3.05) is 13.6 Å². The zero-order valence-electron chi connectivity index (χ0n) is 11.9. The minimum atomic E-state index is -0.177. The number of nitrogens with zero attached hydrogens (tertiary/aromatic N) is 2. The van der Waals surface area contributed by atoms with Gasteiger partial charge in [-0.15, -0.1) is 0 Å². The third-order valence-electron chi connectivity index (χ3n) is 2.57. The molecule has 19 heavy (non-hydrogen) atoms. The Morgan fingerprint density at radius 2 is 2.11 bits per heavy atom. The highest BCUT2D eigenvalue weighted by atomic mass is 16.5. The number of ether oxygens (including phenoxy) is 1. The minimum absolute atomic E-state index is 0.0710. The summed E-state index contributed by atoms with van der Waals surface area (Å²) >= 11 is 0. The third kappa shape index (κ3) is 4.63. The molecule has 0 N–H and O–H groups in total. The summed E-state index contributed by atoms with van der Waals surface area (Å²) in [5.74, 6) is 0.405. The lowest BCUT2D eigenvalue weighted by atomic mass is 10.1. The van der Waals surface area contributed by atoms with Gasteiger partial charge in [0.1, 0.15) is 5.75 Å². The smallest absolute Gasteiger partial charge is 0.253 e. The molecule has 0 heterocycles. The molecule has 1 aromatic carbocycles. The molecule has 1 atom stereocenters. The molecule has 1 unspecified atom stereocenters. The summed E-state index contributed by atoms with van der Waals surface area (Å²) < 4.78 is 5.56. The topological polar surface area (TPSA) is 53.3 Å². The summed E-state index contributed by atoms with van der Waals surface area (Å²) in [6.07, 6.45) is 0.0710. The summed E-state index contributed by atoms with van der Waals surface area (Å²) in [5.41, 5.74) is 0.575. The Bertz CT molecular complexity index is 477. The molecule has 4 nitrogen and oxygen atoms in total. The van der Waals surface area contributed by atoms with E-state index in [-0.39, 0.29) is 17.9 Å². The summed E-state index contributed by atoms with van der Waals surface area (Å²) in [7, 11) is 1.70. The first-order chi connectivity index (χ1) is 8.93. The van der Waals surface area contributed by atoms with Crippen LogP contribution in [0.4, 0.5) is 0 Å². The molecule has 0 aliphatic carbocycles. The van der Waals surface area contributed by atoms with E-state index >= 15 is 0 Å². The van der Waals surface area contributed by atoms with Crippen molar-refractivity contribution in [3.63, 3.8) is 0 Å². The normalized spacial score (nSPS) is 11.8. The van der Waals surface area contributed by atoms with Crippen LogP contribution in [-0.4, -0.2) is 30.5 Å². The van der Waals surface area contributed by atoms with Crippen molar-refractivity contribution < 1.29 is 9.53 Å². The van der Waals surface area contributed by atoms with E-state index in [1.807, 2.05) is 19.9 Å². The highest BCUT2D eigenvalue weighted by Crippen LogP contribution is 2.16. The number of nitriles is 1. The van der Waals surface area contributed by atoms with Crippen molar-refractivity contribution in [2.45, 2.75) is 26.9 Å². The van der Waals surface area contributed by atoms with Gasteiger partial charge >= 0.3 is 0 Å². The van der Waals surface area contributed by atoms with Gasteiger partial charge in [0.15, 0.2) is 0 Å². The molecule has 0 aliphatic rings. The summed E-state index contributed by atoms with van der Waals surface area (Å²) in [6.45, 7) is 6.09. The van der Waals surface area contributed by atoms with Gasteiger partial charge in [-0.05, 0) is 39.0 Å². The van der Waals surface area contributed by atoms with Crippen molar-refractivity contribution in [3.05, 3.63) is 29.8 Å². The van der Waals surface area contributed by atoms with E-state index in [9.17, 15) is 4.79 Å². The van der Waals surface area contributed by atoms with Crippen LogP contribution in [0.25, 0.3) is 0 Å². The van der Waals surface area contributed by atoms with Gasteiger partial charge in [-0.2, -0.15) is 5.26 Å². The van der Waals surface area contributed by atoms with Gasteiger partial charge in [0.2, 0.25) is 0 Å². The molecule has 1 aromatic rings. The van der Waals surface area contributed by atoms with Gasteiger partial charge in [0.25, 0.3) is 5.91 Å². The molecule has 0 aromatic heterocycles. The average Bonchev–Trinajstić information content (AvgIpc) is 2.37. The molecular formula is C15H20N2O2. The average molecular weight is 260 g/mol. The second-order valence-electron chi connectivity index (χ2n) is 4.91. The van der Waals surface area contributed by atoms with Crippen LogP contribution in [-0.2, 0) is 0 Å². The lowest BCUT2D eigenvalue weighted by molar-refractivity contribution is 0.0784. The molecule has 102 valence electrons. The maximum absolute atomic E-state index is 12.2. The summed E-state index contributed by atoms with van der Waals surface area (Å²) in [6, 6.07) is 9.23. The second-order valence-corrected chi connectivity index (χ2v) is 4.91. The van der Waals surface area contributed by atoms with E-state index in [2.05, 4.69) is 6.07 Å². The van der Waals surface area contributed by atoms with Crippen LogP contribution in [0.15, 0.2) is 24.3 Å². The van der Waals surface area contributed by atoms with Gasteiger partial charge < -0.3 is 9.64 Å². The van der Waals surface area contributed by atoms with Crippen LogP contribution in [0.2, 0.25) is 0 Å². The van der Waals surface area contributed by atoms with Crippen LogP contribution in [0, 0.1) is 17.2 Å². The van der Waals surface area contributed by atoms with Crippen molar-refractivity contribution >= 4 is 5.91 Å². The van der Waals surface area contributed by atoms with Crippen LogP contribution in [0.5, 0.6) is 5.75 Å². The lowest BCUT2D eigenvalue weighted by Crippen LogP contribution is -2.30. The van der Waals surface area contributed by atoms with Crippen molar-refractivity contribution in [3.8, 4) is 11.8 Å². The Kier molecular flexibility index (Phi) is 5.37. The minimum Gasteiger partial charge on any atom is -0.491 e. The van der Waals surface area contributed by atoms with E-state index in [0.29, 0.717) is 17.9 Å². The number of hydrogen-bond donors (Lipinski definition) is 0. The van der Waals surface area contributed by atoms with Crippen LogP contribution >= 0.6 is 0 Å². The highest BCUT2D eigenvalue weighted by Gasteiger charge is 2.14. The zero-order valence-corrected chi connectivity index (χ0v) is 11.9. The Balaban J connectivity index is 2.79. The van der Waals surface area contributed by atoms with Crippen LogP contribution < -0.4 is 4.74 Å². The van der Waals surface area contributed by atoms with Gasteiger partial charge in [-0.3, -0.25) is 4.79 Å². The standard InChI is InChI=1S/C15H20N2O2/c1-11(2)19-14-7-5-6-13(8-14)15(18)17(4)10-12(3)9-16/h5-8,11-12H,10H2,1-4H3. The number of carbonyl (C=O) groups excluding carboxylic acids is 1. The van der Waals surface area contributed by atoms with Crippen LogP contribution in [0.3, 0.4) is 0 Å². The van der Waals surface area contributed by atoms with Crippen molar-refractivity contribution in [1.29, 1.82) is 5.26 Å². The number of carbonyl (C=O) groups is 1. The van der Waals surface area contributed by atoms with Crippen molar-refractivity contribution in [2.24, 2.45) is 5.92 Å². The monoisotopic (exact) mass is 260 g/mol. The fourth-order valence-electron chi connectivity index (χ4n) is 1.73. The summed E-state index contributed by atoms with van der Waals surface area (Å²) in [5, 5.41) is 8.77. The Hall–Kier alpha value is -2.02. The Morgan fingerprint density at radius 1 is 1.42 bits per heavy atom. The van der Waals surface area contributed by atoms with Crippen molar-refractivity contribution in [1.82, 2.24) is 4.90 Å². The first-order valence-corrected chi connectivity index (χ1v) is 6.35. The van der Waals surface area contributed by atoms with Gasteiger partial charge in [-0.1, -0.05) is 6.07 Å². The third-order valence-corrected chi connectivity index (χ3v) is 2.57. The molecular weight excluding hydrogens is 240 g/mol. The molecule has 0 aliphatic heterocycles. The molecule has 4 heteroatoms. The fourth-order valence-corrected chi connectivity index (χ4v) is 1.73. The zero-order chi connectivity index (χ0) is 14.4. The Labute approximate surface area is 114 Å². The van der Waals surface area contributed by atoms with Gasteiger partial charge in [-0.25, -0.2) is 0 Å². The first kappa shape index (κ1) is 15.0.